The van der Waals surface area contributed by atoms with Crippen LogP contribution in [0.5, 0.6) is 0 Å². The zero-order chi connectivity index (χ0) is 5.70. The first-order valence-corrected chi connectivity index (χ1v) is 3.42. The standard InChI is InChI=1S/C4H7O2P/c1-2-3-4-7(5)6/h2-3H,4H2,1H3/p+1/b3-2-. The number of allylic oxidation sites excluding steroid dienone is 2. The zero-order valence-electron chi connectivity index (χ0n) is 4.16. The van der Waals surface area contributed by atoms with E-state index in [-0.39, 0.29) is 6.16 Å². The van der Waals surface area contributed by atoms with Crippen LogP contribution in [0, 0.1) is 0 Å². The first-order valence-electron chi connectivity index (χ1n) is 2.02. The highest BCUT2D eigenvalue weighted by molar-refractivity contribution is 7.38. The summed E-state index contributed by atoms with van der Waals surface area (Å²) in [4.78, 5) is 8.14. The van der Waals surface area contributed by atoms with Crippen LogP contribution in [0.3, 0.4) is 0 Å². The molecular formula is C4H8O2P+. The lowest BCUT2D eigenvalue weighted by atomic mass is 10.6. The molecule has 40 valence electrons. The molecule has 0 aromatic rings. The summed E-state index contributed by atoms with van der Waals surface area (Å²) in [7, 11) is -1.94. The Morgan fingerprint density at radius 1 is 1.86 bits per heavy atom. The fourth-order valence-corrected chi connectivity index (χ4v) is 0.587. The fraction of sp³-hybridized carbons (Fsp3) is 0.500. The van der Waals surface area contributed by atoms with Crippen LogP contribution >= 0.6 is 8.03 Å². The van der Waals surface area contributed by atoms with Crippen LogP contribution in [0.4, 0.5) is 0 Å². The third kappa shape index (κ3) is 5.80. The topological polar surface area (TPSA) is 37.3 Å². The van der Waals surface area contributed by atoms with E-state index in [0.29, 0.717) is 0 Å². The van der Waals surface area contributed by atoms with Crippen LogP contribution in [0.2, 0.25) is 0 Å². The molecule has 1 N–H and O–H groups in total. The van der Waals surface area contributed by atoms with Gasteiger partial charge in [0.25, 0.3) is 0 Å². The van der Waals surface area contributed by atoms with E-state index in [2.05, 4.69) is 0 Å². The van der Waals surface area contributed by atoms with Crippen LogP contribution in [0.15, 0.2) is 12.2 Å². The van der Waals surface area contributed by atoms with Gasteiger partial charge in [-0.2, -0.15) is 4.89 Å². The van der Waals surface area contributed by atoms with E-state index in [1.807, 2.05) is 6.92 Å². The lowest BCUT2D eigenvalue weighted by molar-refractivity contribution is 0.506. The molecule has 0 aromatic carbocycles. The molecule has 0 aliphatic carbocycles. The van der Waals surface area contributed by atoms with Gasteiger partial charge in [-0.1, -0.05) is 6.08 Å². The van der Waals surface area contributed by atoms with Crippen molar-refractivity contribution in [2.45, 2.75) is 6.92 Å². The van der Waals surface area contributed by atoms with Gasteiger partial charge in [-0.15, -0.1) is 0 Å². The average Bonchev–Trinajstić information content (AvgIpc) is 1.61. The summed E-state index contributed by atoms with van der Waals surface area (Å²) in [6.45, 7) is 1.82. The Hall–Kier alpha value is -0.200. The zero-order valence-corrected chi connectivity index (χ0v) is 5.06. The fourth-order valence-electron chi connectivity index (χ4n) is 0.196. The molecule has 2 nitrogen and oxygen atoms in total. The van der Waals surface area contributed by atoms with Crippen LogP contribution in [-0.2, 0) is 4.57 Å². The second kappa shape index (κ2) is 3.97. The Bertz CT molecular complexity index is 87.7. The SMILES string of the molecule is C/C=C\C[P+](=O)O. The molecule has 1 atom stereocenters. The highest BCUT2D eigenvalue weighted by atomic mass is 31.1. The molecular weight excluding hydrogens is 111 g/mol. The van der Waals surface area contributed by atoms with Crippen LogP contribution in [0.1, 0.15) is 6.92 Å². The minimum Gasteiger partial charge on any atom is -0.160 e. The minimum atomic E-state index is -1.94. The summed E-state index contributed by atoms with van der Waals surface area (Å²) in [5.74, 6) is 0. The molecule has 0 fully saturated rings. The van der Waals surface area contributed by atoms with Crippen molar-refractivity contribution in [1.29, 1.82) is 0 Å². The first-order chi connectivity index (χ1) is 3.27. The van der Waals surface area contributed by atoms with Gasteiger partial charge in [-0.05, 0) is 17.6 Å². The Morgan fingerprint density at radius 3 is 2.57 bits per heavy atom. The van der Waals surface area contributed by atoms with E-state index in [4.69, 9.17) is 4.89 Å². The third-order valence-electron chi connectivity index (χ3n) is 0.497. The quantitative estimate of drug-likeness (QED) is 0.439. The molecule has 0 aliphatic heterocycles. The second-order valence-corrected chi connectivity index (χ2v) is 2.17. The van der Waals surface area contributed by atoms with Crippen molar-refractivity contribution >= 4 is 8.03 Å². The van der Waals surface area contributed by atoms with Crippen LogP contribution < -0.4 is 0 Å². The van der Waals surface area contributed by atoms with Crippen LogP contribution in [0.25, 0.3) is 0 Å². The number of hydrogen-bond donors (Lipinski definition) is 1. The smallest absolute Gasteiger partial charge is 0.160 e. The van der Waals surface area contributed by atoms with E-state index in [1.54, 1.807) is 12.2 Å². The summed E-state index contributed by atoms with van der Waals surface area (Å²) < 4.78 is 9.86. The molecule has 0 rings (SSSR count). The van der Waals surface area contributed by atoms with Crippen molar-refractivity contribution in [3.63, 3.8) is 0 Å². The van der Waals surface area contributed by atoms with Crippen molar-refractivity contribution in [3.8, 4) is 0 Å². The molecule has 0 radical (unpaired) electrons. The van der Waals surface area contributed by atoms with E-state index >= 15 is 0 Å². The summed E-state index contributed by atoms with van der Waals surface area (Å²) >= 11 is 0. The third-order valence-corrected chi connectivity index (χ3v) is 1.02. The van der Waals surface area contributed by atoms with E-state index in [0.717, 1.165) is 0 Å². The average molecular weight is 119 g/mol. The summed E-state index contributed by atoms with van der Waals surface area (Å²) in [5.41, 5.74) is 0. The Kier molecular flexibility index (Phi) is 3.86. The van der Waals surface area contributed by atoms with Crippen molar-refractivity contribution in [3.05, 3.63) is 12.2 Å². The molecule has 0 saturated heterocycles. The Balaban J connectivity index is 3.14. The maximum atomic E-state index is 9.86. The highest BCUT2D eigenvalue weighted by Crippen LogP contribution is 2.10. The molecule has 0 amide bonds. The summed E-state index contributed by atoms with van der Waals surface area (Å²) in [6.07, 6.45) is 3.70. The maximum Gasteiger partial charge on any atom is 0.509 e. The van der Waals surface area contributed by atoms with Gasteiger partial charge in [-0.3, -0.25) is 0 Å². The molecule has 0 bridgehead atoms. The van der Waals surface area contributed by atoms with Gasteiger partial charge in [-0.25, -0.2) is 0 Å². The molecule has 0 saturated carbocycles. The van der Waals surface area contributed by atoms with Crippen molar-refractivity contribution < 1.29 is 9.46 Å². The Morgan fingerprint density at radius 2 is 2.43 bits per heavy atom. The van der Waals surface area contributed by atoms with E-state index in [9.17, 15) is 4.57 Å². The lowest BCUT2D eigenvalue weighted by Crippen LogP contribution is -1.63. The maximum absolute atomic E-state index is 9.86. The van der Waals surface area contributed by atoms with Crippen LogP contribution in [-0.4, -0.2) is 11.1 Å². The van der Waals surface area contributed by atoms with Gasteiger partial charge in [0, 0.05) is 0 Å². The normalized spacial score (nSPS) is 12.6. The van der Waals surface area contributed by atoms with Crippen molar-refractivity contribution in [2.75, 3.05) is 6.16 Å². The van der Waals surface area contributed by atoms with E-state index < -0.39 is 8.03 Å². The molecule has 3 heteroatoms. The van der Waals surface area contributed by atoms with Gasteiger partial charge >= 0.3 is 8.03 Å². The van der Waals surface area contributed by atoms with Gasteiger partial charge in [0.1, 0.15) is 0 Å². The predicted molar refractivity (Wildman–Crippen MR) is 29.5 cm³/mol. The molecule has 0 spiro atoms. The largest absolute Gasteiger partial charge is 0.509 e. The first kappa shape index (κ1) is 6.80. The number of hydrogen-bond acceptors (Lipinski definition) is 1. The lowest BCUT2D eigenvalue weighted by Gasteiger charge is -1.63. The predicted octanol–water partition coefficient (Wildman–Crippen LogP) is 1.30. The minimum absolute atomic E-state index is 0.284. The van der Waals surface area contributed by atoms with Gasteiger partial charge in [0.15, 0.2) is 6.16 Å². The molecule has 7 heavy (non-hydrogen) atoms. The van der Waals surface area contributed by atoms with E-state index in [1.165, 1.54) is 0 Å². The monoisotopic (exact) mass is 119 g/mol. The second-order valence-electron chi connectivity index (χ2n) is 1.10. The molecule has 1 unspecified atom stereocenters. The van der Waals surface area contributed by atoms with Gasteiger partial charge in [0.05, 0.1) is 0 Å². The molecule has 0 aliphatic rings. The highest BCUT2D eigenvalue weighted by Gasteiger charge is 2.02. The summed E-state index contributed by atoms with van der Waals surface area (Å²) in [5, 5.41) is 0. The number of rotatable bonds is 2. The van der Waals surface area contributed by atoms with Crippen molar-refractivity contribution in [2.24, 2.45) is 0 Å². The Labute approximate surface area is 43.7 Å². The van der Waals surface area contributed by atoms with Gasteiger partial charge < -0.3 is 0 Å². The van der Waals surface area contributed by atoms with Crippen molar-refractivity contribution in [1.82, 2.24) is 0 Å². The summed E-state index contributed by atoms with van der Waals surface area (Å²) in [6, 6.07) is 0. The molecule has 0 heterocycles. The molecule has 0 aromatic heterocycles. The van der Waals surface area contributed by atoms with Gasteiger partial charge in [0.2, 0.25) is 0 Å².